The van der Waals surface area contributed by atoms with Gasteiger partial charge in [-0.05, 0) is 24.3 Å². The molecule has 0 spiro atoms. The predicted octanol–water partition coefficient (Wildman–Crippen LogP) is 2.52. The molecule has 3 heterocycles. The third kappa shape index (κ3) is 3.43. The van der Waals surface area contributed by atoms with Crippen molar-refractivity contribution in [1.29, 1.82) is 0 Å². The molecule has 2 aromatic heterocycles. The summed E-state index contributed by atoms with van der Waals surface area (Å²) in [5.74, 6) is 0. The van der Waals surface area contributed by atoms with Gasteiger partial charge in [-0.25, -0.2) is 9.78 Å². The fourth-order valence-electron chi connectivity index (χ4n) is 2.50. The highest BCUT2D eigenvalue weighted by Crippen LogP contribution is 2.27. The molecule has 2 unspecified atom stereocenters. The molecule has 2 amide bonds. The number of thiophene rings is 1. The molecule has 2 N–H and O–H groups in total. The van der Waals surface area contributed by atoms with Gasteiger partial charge in [0.15, 0.2) is 0 Å². The van der Waals surface area contributed by atoms with Crippen LogP contribution in [0.3, 0.4) is 0 Å². The van der Waals surface area contributed by atoms with Gasteiger partial charge in [-0.3, -0.25) is 0 Å². The van der Waals surface area contributed by atoms with E-state index in [2.05, 4.69) is 15.6 Å². The molecule has 0 aromatic carbocycles. The molecule has 3 rings (SSSR count). The average Bonchev–Trinajstić information content (AvgIpc) is 3.10. The highest BCUT2D eigenvalue weighted by atomic mass is 32.1. The van der Waals surface area contributed by atoms with Crippen molar-refractivity contribution in [2.75, 3.05) is 11.9 Å². The second-order valence-corrected chi connectivity index (χ2v) is 5.90. The number of carbonyl (C=O) groups is 1. The van der Waals surface area contributed by atoms with Gasteiger partial charge in [0, 0.05) is 25.1 Å². The van der Waals surface area contributed by atoms with Gasteiger partial charge in [0.25, 0.3) is 0 Å². The van der Waals surface area contributed by atoms with Crippen LogP contribution >= 0.6 is 11.3 Å². The number of urea groups is 1. The number of nitrogens with one attached hydrogen (secondary N) is 2. The summed E-state index contributed by atoms with van der Waals surface area (Å²) >= 11 is 1.56. The predicted molar refractivity (Wildman–Crippen MR) is 81.4 cm³/mol. The van der Waals surface area contributed by atoms with Gasteiger partial charge in [0.2, 0.25) is 0 Å². The van der Waals surface area contributed by atoms with E-state index >= 15 is 0 Å². The molecule has 6 nitrogen and oxygen atoms in total. The molecule has 0 bridgehead atoms. The second kappa shape index (κ2) is 6.28. The first-order chi connectivity index (χ1) is 10.2. The minimum Gasteiger partial charge on any atom is -0.372 e. The van der Waals surface area contributed by atoms with Crippen molar-refractivity contribution in [1.82, 2.24) is 14.9 Å². The van der Waals surface area contributed by atoms with Crippen LogP contribution in [0.2, 0.25) is 0 Å². The van der Waals surface area contributed by atoms with E-state index in [0.717, 1.165) is 24.2 Å². The van der Waals surface area contributed by atoms with Crippen LogP contribution in [0.5, 0.6) is 0 Å². The molecule has 0 radical (unpaired) electrons. The monoisotopic (exact) mass is 306 g/mol. The number of aromatic nitrogens is 2. The Labute approximate surface area is 127 Å². The first-order valence-corrected chi connectivity index (χ1v) is 7.84. The van der Waals surface area contributed by atoms with Crippen molar-refractivity contribution in [3.8, 4) is 0 Å². The molecule has 0 saturated carbocycles. The Balaban J connectivity index is 1.56. The van der Waals surface area contributed by atoms with E-state index < -0.39 is 0 Å². The van der Waals surface area contributed by atoms with Gasteiger partial charge in [0.1, 0.15) is 6.10 Å². The van der Waals surface area contributed by atoms with Gasteiger partial charge in [-0.15, -0.1) is 0 Å². The highest BCUT2D eigenvalue weighted by Gasteiger charge is 2.26. The molecule has 0 aliphatic carbocycles. The first-order valence-electron chi connectivity index (χ1n) is 6.90. The van der Waals surface area contributed by atoms with Crippen LogP contribution in [0, 0.1) is 0 Å². The molecule has 1 aliphatic rings. The van der Waals surface area contributed by atoms with Gasteiger partial charge in [0.05, 0.1) is 23.9 Å². The van der Waals surface area contributed by atoms with Crippen molar-refractivity contribution in [3.63, 3.8) is 0 Å². The third-order valence-electron chi connectivity index (χ3n) is 3.58. The molecule has 2 aromatic rings. The van der Waals surface area contributed by atoms with Crippen LogP contribution in [0.25, 0.3) is 0 Å². The summed E-state index contributed by atoms with van der Waals surface area (Å²) in [5, 5.41) is 9.68. The van der Waals surface area contributed by atoms with Gasteiger partial charge >= 0.3 is 6.03 Å². The van der Waals surface area contributed by atoms with E-state index in [1.54, 1.807) is 17.7 Å². The van der Waals surface area contributed by atoms with Crippen molar-refractivity contribution in [3.05, 3.63) is 35.0 Å². The number of ether oxygens (including phenoxy) is 1. The van der Waals surface area contributed by atoms with E-state index in [1.807, 2.05) is 34.6 Å². The maximum Gasteiger partial charge on any atom is 0.319 e. The van der Waals surface area contributed by atoms with Crippen LogP contribution in [0.15, 0.2) is 29.4 Å². The zero-order chi connectivity index (χ0) is 14.7. The Morgan fingerprint density at radius 2 is 2.48 bits per heavy atom. The Hall–Kier alpha value is -1.86. The Morgan fingerprint density at radius 3 is 3.19 bits per heavy atom. The molecule has 1 fully saturated rings. The standard InChI is InChI=1S/C14H18N4O2S/c1-18-9-15-7-12(18)13-6-10(2-4-20-13)16-14(19)17-11-3-5-21-8-11/h3,5,7-10,13H,2,4,6H2,1H3,(H2,16,17,19). The van der Waals surface area contributed by atoms with Crippen LogP contribution in [0.4, 0.5) is 10.5 Å². The number of carbonyl (C=O) groups excluding carboxylic acids is 1. The number of anilines is 1. The minimum absolute atomic E-state index is 0.0160. The molecule has 1 aliphatic heterocycles. The summed E-state index contributed by atoms with van der Waals surface area (Å²) < 4.78 is 7.75. The smallest absolute Gasteiger partial charge is 0.319 e. The minimum atomic E-state index is -0.163. The fraction of sp³-hybridized carbons (Fsp3) is 0.429. The van der Waals surface area contributed by atoms with Crippen molar-refractivity contribution >= 4 is 23.1 Å². The zero-order valence-electron chi connectivity index (χ0n) is 11.8. The van der Waals surface area contributed by atoms with Gasteiger partial charge in [-0.1, -0.05) is 0 Å². The summed E-state index contributed by atoms with van der Waals surface area (Å²) in [6, 6.07) is 1.83. The first kappa shape index (κ1) is 14.1. The Kier molecular flexibility index (Phi) is 4.21. The number of hydrogen-bond donors (Lipinski definition) is 2. The summed E-state index contributed by atoms with van der Waals surface area (Å²) in [7, 11) is 1.95. The quantitative estimate of drug-likeness (QED) is 0.915. The zero-order valence-corrected chi connectivity index (χ0v) is 12.6. The lowest BCUT2D eigenvalue weighted by molar-refractivity contribution is -0.00151. The Morgan fingerprint density at radius 1 is 1.57 bits per heavy atom. The van der Waals surface area contributed by atoms with Crippen LogP contribution in [0.1, 0.15) is 24.6 Å². The maximum atomic E-state index is 12.0. The van der Waals surface area contributed by atoms with Gasteiger partial charge in [-0.2, -0.15) is 11.3 Å². The number of hydrogen-bond acceptors (Lipinski definition) is 4. The van der Waals surface area contributed by atoms with Crippen molar-refractivity contribution < 1.29 is 9.53 Å². The molecule has 112 valence electrons. The van der Waals surface area contributed by atoms with Gasteiger partial charge < -0.3 is 19.9 Å². The lowest BCUT2D eigenvalue weighted by Gasteiger charge is -2.30. The van der Waals surface area contributed by atoms with Crippen LogP contribution < -0.4 is 10.6 Å². The van der Waals surface area contributed by atoms with E-state index in [9.17, 15) is 4.79 Å². The largest absolute Gasteiger partial charge is 0.372 e. The van der Waals surface area contributed by atoms with E-state index in [1.165, 1.54) is 0 Å². The lowest BCUT2D eigenvalue weighted by atomic mass is 10.0. The fourth-order valence-corrected chi connectivity index (χ4v) is 3.09. The second-order valence-electron chi connectivity index (χ2n) is 5.12. The number of rotatable bonds is 3. The van der Waals surface area contributed by atoms with E-state index in [4.69, 9.17) is 4.74 Å². The highest BCUT2D eigenvalue weighted by molar-refractivity contribution is 7.08. The molecule has 1 saturated heterocycles. The number of imidazole rings is 1. The summed E-state index contributed by atoms with van der Waals surface area (Å²) in [6.45, 7) is 0.638. The summed E-state index contributed by atoms with van der Waals surface area (Å²) in [4.78, 5) is 16.1. The van der Waals surface area contributed by atoms with Crippen LogP contribution in [-0.4, -0.2) is 28.2 Å². The van der Waals surface area contributed by atoms with E-state index in [0.29, 0.717) is 6.61 Å². The average molecular weight is 306 g/mol. The Bertz CT molecular complexity index is 596. The molecular formula is C14H18N4O2S. The normalized spacial score (nSPS) is 22.0. The number of amides is 2. The maximum absolute atomic E-state index is 12.0. The molecule has 21 heavy (non-hydrogen) atoms. The topological polar surface area (TPSA) is 68.2 Å². The molecule has 2 atom stereocenters. The lowest BCUT2D eigenvalue weighted by Crippen LogP contribution is -2.42. The molecule has 7 heteroatoms. The number of nitrogens with zero attached hydrogens (tertiary/aromatic N) is 2. The van der Waals surface area contributed by atoms with Crippen LogP contribution in [-0.2, 0) is 11.8 Å². The summed E-state index contributed by atoms with van der Waals surface area (Å²) in [6.07, 6.45) is 5.15. The van der Waals surface area contributed by atoms with Crippen molar-refractivity contribution in [2.45, 2.75) is 25.0 Å². The van der Waals surface area contributed by atoms with E-state index in [-0.39, 0.29) is 18.2 Å². The SMILES string of the molecule is Cn1cncc1C1CC(NC(=O)Nc2ccsc2)CCO1. The molecular weight excluding hydrogens is 288 g/mol. The third-order valence-corrected chi connectivity index (χ3v) is 4.27. The summed E-state index contributed by atoms with van der Waals surface area (Å²) in [5.41, 5.74) is 1.87. The number of aryl methyl sites for hydroxylation is 1. The van der Waals surface area contributed by atoms with Crippen molar-refractivity contribution in [2.24, 2.45) is 7.05 Å².